The van der Waals surface area contributed by atoms with Crippen LogP contribution in [-0.2, 0) is 9.53 Å². The largest absolute Gasteiger partial charge is 0.468 e. The minimum Gasteiger partial charge on any atom is -0.468 e. The van der Waals surface area contributed by atoms with Gasteiger partial charge in [0, 0.05) is 6.54 Å². The van der Waals surface area contributed by atoms with Crippen molar-refractivity contribution >= 4 is 23.6 Å². The second-order valence-electron chi connectivity index (χ2n) is 3.91. The number of hydrogen-bond acceptors (Lipinski definition) is 4. The first-order valence-electron chi connectivity index (χ1n) is 6.18. The van der Waals surface area contributed by atoms with Crippen LogP contribution in [0, 0.1) is 5.82 Å². The van der Waals surface area contributed by atoms with Crippen LogP contribution in [0.15, 0.2) is 18.2 Å². The maximum Gasteiger partial charge on any atom is 0.325 e. The van der Waals surface area contributed by atoms with Gasteiger partial charge in [0.1, 0.15) is 12.4 Å². The van der Waals surface area contributed by atoms with E-state index in [1.165, 1.54) is 19.2 Å². The maximum atomic E-state index is 13.8. The number of carbonyl (C=O) groups excluding carboxylic acids is 3. The third-order valence-corrected chi connectivity index (χ3v) is 2.45. The number of benzene rings is 1. The molecule has 1 rings (SSSR count). The fourth-order valence-electron chi connectivity index (χ4n) is 1.50. The fourth-order valence-corrected chi connectivity index (χ4v) is 1.50. The fraction of sp³-hybridized carbons (Fsp3) is 0.308. The molecule has 0 saturated carbocycles. The zero-order chi connectivity index (χ0) is 15.8. The zero-order valence-corrected chi connectivity index (χ0v) is 11.7. The second kappa shape index (κ2) is 7.83. The molecule has 0 aliphatic rings. The van der Waals surface area contributed by atoms with Gasteiger partial charge in [-0.1, -0.05) is 6.07 Å². The lowest BCUT2D eigenvalue weighted by Crippen LogP contribution is -2.33. The van der Waals surface area contributed by atoms with Crippen LogP contribution in [0.5, 0.6) is 0 Å². The normalized spacial score (nSPS) is 9.67. The number of esters is 1. The molecule has 0 unspecified atom stereocenters. The number of rotatable bonds is 5. The lowest BCUT2D eigenvalue weighted by molar-refractivity contribution is -0.139. The van der Waals surface area contributed by atoms with Crippen molar-refractivity contribution in [1.29, 1.82) is 0 Å². The van der Waals surface area contributed by atoms with Crippen LogP contribution < -0.4 is 16.0 Å². The molecule has 8 heteroatoms. The summed E-state index contributed by atoms with van der Waals surface area (Å²) in [6.45, 7) is 1.70. The topological polar surface area (TPSA) is 96.5 Å². The van der Waals surface area contributed by atoms with Crippen molar-refractivity contribution in [1.82, 2.24) is 10.6 Å². The van der Waals surface area contributed by atoms with E-state index in [4.69, 9.17) is 0 Å². The van der Waals surface area contributed by atoms with Crippen molar-refractivity contribution in [3.8, 4) is 0 Å². The molecule has 21 heavy (non-hydrogen) atoms. The first kappa shape index (κ1) is 16.4. The molecule has 1 aromatic carbocycles. The highest BCUT2D eigenvalue weighted by molar-refractivity contribution is 6.04. The number of amides is 3. The van der Waals surface area contributed by atoms with Gasteiger partial charge >= 0.3 is 12.0 Å². The molecular weight excluding hydrogens is 281 g/mol. The molecule has 0 fully saturated rings. The summed E-state index contributed by atoms with van der Waals surface area (Å²) in [5, 5.41) is 7.04. The van der Waals surface area contributed by atoms with Gasteiger partial charge < -0.3 is 20.7 Å². The van der Waals surface area contributed by atoms with Gasteiger partial charge in [0.25, 0.3) is 5.91 Å². The highest BCUT2D eigenvalue weighted by Gasteiger charge is 2.18. The minimum absolute atomic E-state index is 0.00307. The summed E-state index contributed by atoms with van der Waals surface area (Å²) in [5.74, 6) is -2.31. The Bertz CT molecular complexity index is 548. The maximum absolute atomic E-state index is 13.8. The summed E-state index contributed by atoms with van der Waals surface area (Å²) in [4.78, 5) is 34.3. The van der Waals surface area contributed by atoms with Gasteiger partial charge in [0.05, 0.1) is 18.4 Å². The molecular formula is C13H16FN3O4. The van der Waals surface area contributed by atoms with E-state index in [2.05, 4.69) is 20.7 Å². The summed E-state index contributed by atoms with van der Waals surface area (Å²) < 4.78 is 18.2. The monoisotopic (exact) mass is 297 g/mol. The van der Waals surface area contributed by atoms with Crippen LogP contribution in [0.2, 0.25) is 0 Å². The summed E-state index contributed by atoms with van der Waals surface area (Å²) in [5.41, 5.74) is -0.351. The summed E-state index contributed by atoms with van der Waals surface area (Å²) >= 11 is 0. The van der Waals surface area contributed by atoms with Crippen LogP contribution in [0.4, 0.5) is 14.9 Å². The molecule has 0 spiro atoms. The highest BCUT2D eigenvalue weighted by Crippen LogP contribution is 2.18. The molecule has 3 amide bonds. The van der Waals surface area contributed by atoms with Gasteiger partial charge in [0.2, 0.25) is 0 Å². The Balaban J connectivity index is 2.91. The van der Waals surface area contributed by atoms with Gasteiger partial charge in [0.15, 0.2) is 0 Å². The minimum atomic E-state index is -0.828. The SMILES string of the molecule is CCNC(=O)Nc1cccc(F)c1C(=O)NCC(=O)OC. The van der Waals surface area contributed by atoms with E-state index in [0.717, 1.165) is 6.07 Å². The Hall–Kier alpha value is -2.64. The third kappa shape index (κ3) is 4.75. The van der Waals surface area contributed by atoms with Crippen LogP contribution in [0.1, 0.15) is 17.3 Å². The number of hydrogen-bond donors (Lipinski definition) is 3. The smallest absolute Gasteiger partial charge is 0.325 e. The predicted octanol–water partition coefficient (Wildman–Crippen LogP) is 0.870. The molecule has 1 aromatic rings. The molecule has 0 aliphatic heterocycles. The molecule has 7 nitrogen and oxygen atoms in total. The molecule has 0 atom stereocenters. The number of halogens is 1. The van der Waals surface area contributed by atoms with Crippen LogP contribution in [0.3, 0.4) is 0 Å². The molecule has 3 N–H and O–H groups in total. The van der Waals surface area contributed by atoms with E-state index in [1.54, 1.807) is 6.92 Å². The molecule has 0 saturated heterocycles. The van der Waals surface area contributed by atoms with E-state index in [9.17, 15) is 18.8 Å². The van der Waals surface area contributed by atoms with Gasteiger partial charge in [-0.15, -0.1) is 0 Å². The Morgan fingerprint density at radius 2 is 1.95 bits per heavy atom. The van der Waals surface area contributed by atoms with Gasteiger partial charge in [-0.05, 0) is 19.1 Å². The first-order chi connectivity index (χ1) is 9.99. The standard InChI is InChI=1S/C13H16FN3O4/c1-3-15-13(20)17-9-6-4-5-8(14)11(9)12(19)16-7-10(18)21-2/h4-6H,3,7H2,1-2H3,(H,16,19)(H2,15,17,20). The molecule has 0 heterocycles. The number of nitrogens with one attached hydrogen (secondary N) is 3. The van der Waals surface area contributed by atoms with E-state index in [-0.39, 0.29) is 11.3 Å². The third-order valence-electron chi connectivity index (χ3n) is 2.45. The van der Waals surface area contributed by atoms with E-state index in [1.807, 2.05) is 0 Å². The van der Waals surface area contributed by atoms with Crippen molar-refractivity contribution in [3.63, 3.8) is 0 Å². The van der Waals surface area contributed by atoms with Crippen LogP contribution >= 0.6 is 0 Å². The quantitative estimate of drug-likeness (QED) is 0.703. The predicted molar refractivity (Wildman–Crippen MR) is 73.4 cm³/mol. The van der Waals surface area contributed by atoms with Crippen LogP contribution in [-0.4, -0.2) is 38.1 Å². The molecule has 0 bridgehead atoms. The second-order valence-corrected chi connectivity index (χ2v) is 3.91. The van der Waals surface area contributed by atoms with E-state index in [0.29, 0.717) is 6.54 Å². The molecule has 0 aliphatic carbocycles. The van der Waals surface area contributed by atoms with E-state index < -0.39 is 30.3 Å². The lowest BCUT2D eigenvalue weighted by atomic mass is 10.1. The van der Waals surface area contributed by atoms with Gasteiger partial charge in [-0.2, -0.15) is 0 Å². The Kier molecular flexibility index (Phi) is 6.12. The lowest BCUT2D eigenvalue weighted by Gasteiger charge is -2.12. The number of carbonyl (C=O) groups is 3. The molecule has 0 aromatic heterocycles. The number of anilines is 1. The Morgan fingerprint density at radius 3 is 2.57 bits per heavy atom. The average Bonchev–Trinajstić information content (AvgIpc) is 2.44. The van der Waals surface area contributed by atoms with Gasteiger partial charge in [-0.25, -0.2) is 9.18 Å². The average molecular weight is 297 g/mol. The molecule has 0 radical (unpaired) electrons. The Morgan fingerprint density at radius 1 is 1.24 bits per heavy atom. The highest BCUT2D eigenvalue weighted by atomic mass is 19.1. The van der Waals surface area contributed by atoms with Crippen molar-refractivity contribution in [2.75, 3.05) is 25.5 Å². The van der Waals surface area contributed by atoms with Crippen molar-refractivity contribution in [2.24, 2.45) is 0 Å². The van der Waals surface area contributed by atoms with Crippen LogP contribution in [0.25, 0.3) is 0 Å². The number of urea groups is 1. The Labute approximate surface area is 120 Å². The number of methoxy groups -OCH3 is 1. The van der Waals surface area contributed by atoms with E-state index >= 15 is 0 Å². The summed E-state index contributed by atoms with van der Waals surface area (Å²) in [7, 11) is 1.17. The molecule has 114 valence electrons. The zero-order valence-electron chi connectivity index (χ0n) is 11.7. The van der Waals surface area contributed by atoms with Crippen molar-refractivity contribution in [3.05, 3.63) is 29.6 Å². The van der Waals surface area contributed by atoms with Crippen molar-refractivity contribution in [2.45, 2.75) is 6.92 Å². The van der Waals surface area contributed by atoms with Gasteiger partial charge in [-0.3, -0.25) is 9.59 Å². The van der Waals surface area contributed by atoms with Crippen molar-refractivity contribution < 1.29 is 23.5 Å². The number of ether oxygens (including phenoxy) is 1. The first-order valence-corrected chi connectivity index (χ1v) is 6.18. The summed E-state index contributed by atoms with van der Waals surface area (Å²) in [6.07, 6.45) is 0. The summed E-state index contributed by atoms with van der Waals surface area (Å²) in [6, 6.07) is 3.25.